The molecule has 21 heavy (non-hydrogen) atoms. The molecule has 116 valence electrons. The summed E-state index contributed by atoms with van der Waals surface area (Å²) < 4.78 is 0. The Bertz CT molecular complexity index is 532. The molecule has 0 saturated carbocycles. The van der Waals surface area contributed by atoms with Gasteiger partial charge < -0.3 is 21.1 Å². The zero-order chi connectivity index (χ0) is 15.9. The molecule has 1 amide bonds. The van der Waals surface area contributed by atoms with E-state index in [1.54, 1.807) is 0 Å². The van der Waals surface area contributed by atoms with Gasteiger partial charge in [0.1, 0.15) is 17.1 Å². The van der Waals surface area contributed by atoms with Crippen LogP contribution in [0.1, 0.15) is 19.8 Å². The molecule has 2 rings (SSSR count). The van der Waals surface area contributed by atoms with Crippen LogP contribution in [0.5, 0.6) is 0 Å². The van der Waals surface area contributed by atoms with Gasteiger partial charge in [-0.1, -0.05) is 0 Å². The Kier molecular flexibility index (Phi) is 4.26. The molecule has 0 aliphatic carbocycles. The van der Waals surface area contributed by atoms with Crippen LogP contribution in [0.4, 0.5) is 0 Å². The third kappa shape index (κ3) is 2.63. The van der Waals surface area contributed by atoms with Crippen LogP contribution < -0.4 is 5.73 Å². The Morgan fingerprint density at radius 3 is 2.52 bits per heavy atom. The highest BCUT2D eigenvalue weighted by molar-refractivity contribution is 8.04. The molecule has 3 unspecified atom stereocenters. The van der Waals surface area contributed by atoms with E-state index in [1.165, 1.54) is 18.7 Å². The standard InChI is InChI=1S/C12H16N2O6S/c1-4(15)7-9(16)14-8(12(19)20)6(21-10(7)14)3-2-5(13)11(17)18/h4-5,7,10,15H,2-3,13H2,1H3,(H,17,18)(H,19,20)/t4?,5?,7?,10-/m0/s1. The number of nitrogens with zero attached hydrogens (tertiary/aromatic N) is 1. The number of nitrogens with two attached hydrogens (primary N) is 1. The average Bonchev–Trinajstić information content (AvgIpc) is 2.69. The van der Waals surface area contributed by atoms with E-state index in [0.29, 0.717) is 4.91 Å². The summed E-state index contributed by atoms with van der Waals surface area (Å²) in [6.07, 6.45) is -0.600. The maximum atomic E-state index is 11.9. The molecule has 0 aromatic carbocycles. The lowest BCUT2D eigenvalue weighted by molar-refractivity contribution is -0.156. The van der Waals surface area contributed by atoms with Crippen LogP contribution >= 0.6 is 11.8 Å². The molecule has 0 radical (unpaired) electrons. The lowest BCUT2D eigenvalue weighted by Crippen LogP contribution is -2.60. The number of carbonyl (C=O) groups excluding carboxylic acids is 1. The zero-order valence-corrected chi connectivity index (χ0v) is 12.0. The molecule has 2 aliphatic heterocycles. The monoisotopic (exact) mass is 316 g/mol. The smallest absolute Gasteiger partial charge is 0.353 e. The van der Waals surface area contributed by atoms with Gasteiger partial charge in [-0.15, -0.1) is 11.8 Å². The highest BCUT2D eigenvalue weighted by atomic mass is 32.2. The molecule has 1 saturated heterocycles. The Balaban J connectivity index is 2.15. The molecule has 2 aliphatic rings. The summed E-state index contributed by atoms with van der Waals surface area (Å²) in [5.74, 6) is -3.44. The van der Waals surface area contributed by atoms with Gasteiger partial charge in [-0.25, -0.2) is 4.79 Å². The number of aliphatic hydroxyl groups is 1. The minimum absolute atomic E-state index is 0.0859. The number of allylic oxidation sites excluding steroid dienone is 1. The van der Waals surface area contributed by atoms with Crippen molar-refractivity contribution in [1.82, 2.24) is 4.90 Å². The predicted molar refractivity (Wildman–Crippen MR) is 72.9 cm³/mol. The number of hydrogen-bond acceptors (Lipinski definition) is 6. The van der Waals surface area contributed by atoms with Gasteiger partial charge in [-0.05, 0) is 19.8 Å². The number of amides is 1. The van der Waals surface area contributed by atoms with Crippen LogP contribution in [0.15, 0.2) is 10.6 Å². The summed E-state index contributed by atoms with van der Waals surface area (Å²) in [6.45, 7) is 1.49. The summed E-state index contributed by atoms with van der Waals surface area (Å²) in [5.41, 5.74) is 5.28. The van der Waals surface area contributed by atoms with Gasteiger partial charge >= 0.3 is 11.9 Å². The van der Waals surface area contributed by atoms with Crippen LogP contribution in [-0.2, 0) is 14.4 Å². The number of carboxylic acids is 2. The summed E-state index contributed by atoms with van der Waals surface area (Å²) in [6, 6.07) is -1.08. The van der Waals surface area contributed by atoms with Crippen molar-refractivity contribution in [3.8, 4) is 0 Å². The van der Waals surface area contributed by atoms with Crippen molar-refractivity contribution in [2.75, 3.05) is 0 Å². The van der Waals surface area contributed by atoms with Crippen molar-refractivity contribution in [3.05, 3.63) is 10.6 Å². The van der Waals surface area contributed by atoms with Gasteiger partial charge in [-0.3, -0.25) is 14.5 Å². The van der Waals surface area contributed by atoms with Crippen molar-refractivity contribution in [3.63, 3.8) is 0 Å². The number of aliphatic hydroxyl groups excluding tert-OH is 1. The molecule has 2 heterocycles. The molecule has 9 heteroatoms. The second-order valence-corrected chi connectivity index (χ2v) is 6.25. The fourth-order valence-electron chi connectivity index (χ4n) is 2.44. The third-order valence-electron chi connectivity index (χ3n) is 3.57. The fourth-order valence-corrected chi connectivity index (χ4v) is 4.07. The topological polar surface area (TPSA) is 141 Å². The van der Waals surface area contributed by atoms with Crippen LogP contribution in [0.25, 0.3) is 0 Å². The average molecular weight is 316 g/mol. The van der Waals surface area contributed by atoms with Crippen molar-refractivity contribution >= 4 is 29.6 Å². The molecular weight excluding hydrogens is 300 g/mol. The molecule has 0 aromatic heterocycles. The van der Waals surface area contributed by atoms with E-state index in [9.17, 15) is 24.6 Å². The van der Waals surface area contributed by atoms with E-state index >= 15 is 0 Å². The van der Waals surface area contributed by atoms with Crippen LogP contribution in [0, 0.1) is 5.92 Å². The highest BCUT2D eigenvalue weighted by Crippen LogP contribution is 2.51. The zero-order valence-electron chi connectivity index (χ0n) is 11.2. The molecule has 5 N–H and O–H groups in total. The van der Waals surface area contributed by atoms with Crippen LogP contribution in [0.2, 0.25) is 0 Å². The molecule has 1 fully saturated rings. The second-order valence-electron chi connectivity index (χ2n) is 5.04. The van der Waals surface area contributed by atoms with E-state index in [1.807, 2.05) is 0 Å². The maximum absolute atomic E-state index is 11.9. The maximum Gasteiger partial charge on any atom is 0.353 e. The van der Waals surface area contributed by atoms with Crippen molar-refractivity contribution < 1.29 is 29.7 Å². The summed E-state index contributed by atoms with van der Waals surface area (Å²) >= 11 is 1.19. The first-order valence-corrected chi connectivity index (χ1v) is 7.26. The Morgan fingerprint density at radius 2 is 2.05 bits per heavy atom. The van der Waals surface area contributed by atoms with Crippen LogP contribution in [-0.4, -0.2) is 55.6 Å². The first kappa shape index (κ1) is 15.8. The lowest BCUT2D eigenvalue weighted by atomic mass is 9.92. The summed E-state index contributed by atoms with van der Waals surface area (Å²) in [5, 5.41) is 27.1. The Hall–Kier alpha value is -1.58. The Morgan fingerprint density at radius 1 is 1.43 bits per heavy atom. The van der Waals surface area contributed by atoms with Gasteiger partial charge in [0, 0.05) is 4.91 Å². The third-order valence-corrected chi connectivity index (χ3v) is 5.00. The number of β-lactam (4-membered cyclic amide) rings is 1. The number of carbonyl (C=O) groups is 3. The Labute approximate surface area is 124 Å². The van der Waals surface area contributed by atoms with E-state index in [4.69, 9.17) is 10.8 Å². The fraction of sp³-hybridized carbons (Fsp3) is 0.583. The number of rotatable bonds is 6. The highest BCUT2D eigenvalue weighted by Gasteiger charge is 2.57. The van der Waals surface area contributed by atoms with Gasteiger partial charge in [-0.2, -0.15) is 0 Å². The van der Waals surface area contributed by atoms with Gasteiger partial charge in [0.2, 0.25) is 5.91 Å². The number of thioether (sulfide) groups is 1. The molecule has 8 nitrogen and oxygen atoms in total. The second kappa shape index (κ2) is 5.66. The summed E-state index contributed by atoms with van der Waals surface area (Å²) in [7, 11) is 0. The molecule has 0 bridgehead atoms. The number of fused-ring (bicyclic) bond motifs is 1. The summed E-state index contributed by atoms with van der Waals surface area (Å²) in [4.78, 5) is 35.5. The van der Waals surface area contributed by atoms with Crippen LogP contribution in [0.3, 0.4) is 0 Å². The van der Waals surface area contributed by atoms with E-state index in [-0.39, 0.29) is 18.5 Å². The minimum atomic E-state index is -1.23. The molecule has 0 spiro atoms. The number of hydrogen-bond donors (Lipinski definition) is 4. The molecule has 0 aromatic rings. The SMILES string of the molecule is CC(O)C1C(=O)N2C(C(=O)O)=C(CCC(N)C(=O)O)S[C@@H]12. The van der Waals surface area contributed by atoms with E-state index in [0.717, 1.165) is 4.90 Å². The van der Waals surface area contributed by atoms with Gasteiger partial charge in [0.15, 0.2) is 0 Å². The normalized spacial score (nSPS) is 27.2. The number of aliphatic carboxylic acids is 2. The largest absolute Gasteiger partial charge is 0.480 e. The molecule has 4 atom stereocenters. The van der Waals surface area contributed by atoms with Crippen molar-refractivity contribution in [2.24, 2.45) is 11.7 Å². The number of carboxylic acid groups (broad SMARTS) is 2. The quantitative estimate of drug-likeness (QED) is 0.475. The minimum Gasteiger partial charge on any atom is -0.480 e. The lowest BCUT2D eigenvalue weighted by Gasteiger charge is -2.43. The first-order chi connectivity index (χ1) is 9.75. The molecular formula is C12H16N2O6S. The van der Waals surface area contributed by atoms with E-state index < -0.39 is 41.3 Å². The first-order valence-electron chi connectivity index (χ1n) is 6.38. The van der Waals surface area contributed by atoms with Gasteiger partial charge in [0.05, 0.1) is 12.0 Å². The van der Waals surface area contributed by atoms with E-state index in [2.05, 4.69) is 0 Å². The van der Waals surface area contributed by atoms with Gasteiger partial charge in [0.25, 0.3) is 0 Å². The predicted octanol–water partition coefficient (Wildman–Crippen LogP) is -0.613. The van der Waals surface area contributed by atoms with Crippen molar-refractivity contribution in [2.45, 2.75) is 37.3 Å². The van der Waals surface area contributed by atoms with Crippen molar-refractivity contribution in [1.29, 1.82) is 0 Å².